The van der Waals surface area contributed by atoms with Crippen LogP contribution in [-0.2, 0) is 0 Å². The molecule has 5 heterocycles. The van der Waals surface area contributed by atoms with Gasteiger partial charge in [0.2, 0.25) is 0 Å². The van der Waals surface area contributed by atoms with Crippen molar-refractivity contribution in [2.75, 3.05) is 0 Å². The van der Waals surface area contributed by atoms with Crippen LogP contribution in [0.1, 0.15) is 87.2 Å². The van der Waals surface area contributed by atoms with Gasteiger partial charge >= 0.3 is 0 Å². The van der Waals surface area contributed by atoms with E-state index in [1.54, 1.807) is 0 Å². The van der Waals surface area contributed by atoms with E-state index >= 15 is 0 Å². The molecule has 3 aromatic heterocycles. The first kappa shape index (κ1) is 41.0. The van der Waals surface area contributed by atoms with Crippen molar-refractivity contribution in [3.63, 3.8) is 0 Å². The van der Waals surface area contributed by atoms with Gasteiger partial charge in [-0.3, -0.25) is 0 Å². The molecule has 0 amide bonds. The highest BCUT2D eigenvalue weighted by Gasteiger charge is 2.43. The van der Waals surface area contributed by atoms with Crippen molar-refractivity contribution in [3.05, 3.63) is 193 Å². The fourth-order valence-electron chi connectivity index (χ4n) is 16.7. The van der Waals surface area contributed by atoms with Crippen molar-refractivity contribution in [1.82, 2.24) is 13.7 Å². The van der Waals surface area contributed by atoms with E-state index in [9.17, 15) is 0 Å². The fourth-order valence-corrected chi connectivity index (χ4v) is 16.7. The lowest BCUT2D eigenvalue weighted by molar-refractivity contribution is 0.444. The zero-order valence-corrected chi connectivity index (χ0v) is 42.5. The Morgan fingerprint density at radius 2 is 0.921 bits per heavy atom. The predicted octanol–water partition coefficient (Wildman–Crippen LogP) is 17.3. The quantitative estimate of drug-likeness (QED) is 0.157. The summed E-state index contributed by atoms with van der Waals surface area (Å²) in [5, 5.41) is 16.2. The molecular weight excluding hydrogens is 918 g/mol. The molecule has 2 saturated carbocycles. The van der Waals surface area contributed by atoms with Crippen molar-refractivity contribution in [2.45, 2.75) is 76.0 Å². The van der Waals surface area contributed by atoms with E-state index in [2.05, 4.69) is 196 Å². The third-order valence-corrected chi connectivity index (χ3v) is 19.8. The highest BCUT2D eigenvalue weighted by molar-refractivity contribution is 7.01. The highest BCUT2D eigenvalue weighted by atomic mass is 15.1. The minimum atomic E-state index is 0.0229. The molecule has 3 aliphatic carbocycles. The summed E-state index contributed by atoms with van der Waals surface area (Å²) in [6.45, 7) is 0.0229. The van der Waals surface area contributed by atoms with E-state index in [1.165, 1.54) is 229 Å². The number of aromatic nitrogens is 3. The molecule has 14 aromatic rings. The Kier molecular flexibility index (Phi) is 7.95. The third-order valence-electron chi connectivity index (χ3n) is 19.8. The number of hydrogen-bond acceptors (Lipinski definition) is 0. The van der Waals surface area contributed by atoms with Crippen LogP contribution in [-0.4, -0.2) is 20.4 Å². The normalized spacial score (nSPS) is 16.0. The Balaban J connectivity index is 1.02. The maximum Gasteiger partial charge on any atom is 0.253 e. The van der Waals surface area contributed by atoms with E-state index < -0.39 is 0 Å². The van der Waals surface area contributed by atoms with Crippen LogP contribution >= 0.6 is 0 Å². The Bertz CT molecular complexity index is 4970. The molecule has 11 aromatic carbocycles. The highest BCUT2D eigenvalue weighted by Crippen LogP contribution is 2.51. The van der Waals surface area contributed by atoms with Crippen LogP contribution in [0.25, 0.3) is 137 Å². The van der Waals surface area contributed by atoms with Crippen molar-refractivity contribution in [1.29, 1.82) is 0 Å². The van der Waals surface area contributed by atoms with Crippen LogP contribution in [0.2, 0.25) is 0 Å². The van der Waals surface area contributed by atoms with Crippen LogP contribution in [0.4, 0.5) is 0 Å². The van der Waals surface area contributed by atoms with Gasteiger partial charge in [0.15, 0.2) is 0 Å². The van der Waals surface area contributed by atoms with Gasteiger partial charge in [0, 0.05) is 54.7 Å². The van der Waals surface area contributed by atoms with Crippen LogP contribution in [0.5, 0.6) is 0 Å². The van der Waals surface area contributed by atoms with Gasteiger partial charge in [-0.1, -0.05) is 166 Å². The molecule has 0 saturated heterocycles. The molecule has 5 aliphatic rings. The molecule has 358 valence electrons. The Hall–Kier alpha value is -8.34. The zero-order chi connectivity index (χ0) is 49.1. The van der Waals surface area contributed by atoms with Crippen LogP contribution in [0, 0.1) is 0 Å². The van der Waals surface area contributed by atoms with Gasteiger partial charge < -0.3 is 13.7 Å². The average molecular weight is 970 g/mol. The Labute approximate surface area is 440 Å². The summed E-state index contributed by atoms with van der Waals surface area (Å²) in [4.78, 5) is 0. The number of nitrogens with zero attached hydrogens (tertiary/aromatic N) is 3. The molecule has 0 bridgehead atoms. The maximum atomic E-state index is 2.75. The largest absolute Gasteiger partial charge is 0.310 e. The number of hydrogen-bond donors (Lipinski definition) is 0. The van der Waals surface area contributed by atoms with Gasteiger partial charge in [0.05, 0.1) is 27.8 Å². The van der Waals surface area contributed by atoms with E-state index in [0.29, 0.717) is 11.8 Å². The molecule has 2 aliphatic heterocycles. The lowest BCUT2D eigenvalue weighted by atomic mass is 9.33. The van der Waals surface area contributed by atoms with Gasteiger partial charge in [0.1, 0.15) is 0 Å². The van der Waals surface area contributed by atoms with E-state index in [0.717, 1.165) is 0 Å². The lowest BCUT2D eigenvalue weighted by Gasteiger charge is -2.35. The molecule has 76 heavy (non-hydrogen) atoms. The molecule has 2 fully saturated rings. The summed E-state index contributed by atoms with van der Waals surface area (Å²) in [5.41, 5.74) is 24.3. The first-order valence-corrected chi connectivity index (χ1v) is 28.5. The smallest absolute Gasteiger partial charge is 0.253 e. The number of fused-ring (bicyclic) bond motifs is 17. The summed E-state index contributed by atoms with van der Waals surface area (Å²) in [6, 6.07) is 72.1. The molecule has 19 rings (SSSR count). The van der Waals surface area contributed by atoms with Crippen LogP contribution in [0.3, 0.4) is 0 Å². The summed E-state index contributed by atoms with van der Waals surface area (Å²) in [6.07, 6.45) is 13.1. The molecule has 0 N–H and O–H groups in total. The van der Waals surface area contributed by atoms with Crippen molar-refractivity contribution >= 4 is 121 Å². The Morgan fingerprint density at radius 1 is 0.329 bits per heavy atom. The Morgan fingerprint density at radius 3 is 1.71 bits per heavy atom. The topological polar surface area (TPSA) is 14.8 Å². The standard InChI is InChI=1S/C72H52BN3/c1-3-15-41(16-4-1)45-31-32-59-55(35-45)56-36-46-20-8-10-23-50(46)69-72(56)75(59)63-39-48(74-60-28-14-27-54-52-25-12-11-24-51(52)53-26-13-21-44-30-34-62(74)68(65(44)53)67(54)60)40-64-70(63)73(69)58-38-47(42-17-5-2-6-18-42)37-57-66-49-22-9-7-19-43(49)29-33-61(66)76(64)71(57)58/h7-14,19-42H,1-6,15-18H2. The molecule has 0 radical (unpaired) electrons. The van der Waals surface area contributed by atoms with Gasteiger partial charge in [-0.25, -0.2) is 0 Å². The zero-order valence-electron chi connectivity index (χ0n) is 42.5. The molecule has 0 unspecified atom stereocenters. The summed E-state index contributed by atoms with van der Waals surface area (Å²) >= 11 is 0. The summed E-state index contributed by atoms with van der Waals surface area (Å²) in [5.74, 6) is 1.17. The summed E-state index contributed by atoms with van der Waals surface area (Å²) in [7, 11) is 0. The lowest BCUT2D eigenvalue weighted by Crippen LogP contribution is -2.59. The first-order chi connectivity index (χ1) is 37.7. The predicted molar refractivity (Wildman–Crippen MR) is 323 cm³/mol. The van der Waals surface area contributed by atoms with Gasteiger partial charge in [0.25, 0.3) is 6.71 Å². The minimum absolute atomic E-state index is 0.0229. The molecule has 0 spiro atoms. The van der Waals surface area contributed by atoms with Gasteiger partial charge in [-0.2, -0.15) is 0 Å². The van der Waals surface area contributed by atoms with Crippen molar-refractivity contribution in [2.24, 2.45) is 0 Å². The number of rotatable bonds is 3. The fraction of sp³-hybridized carbons (Fsp3) is 0.167. The molecular formula is C72H52BN3. The second-order valence-electron chi connectivity index (χ2n) is 23.5. The SMILES string of the molecule is c1ccc2c(c1)-c1cccc3ccc4c(c13)c1c-2cccc1n4-c1cc2c3c(c1)-n1c4ccc5ccccc5c4c4cc(C5CCCCC5)cc(c41)B3c1c3ccccc3cc3c4cc(C5CCCCC5)ccc4n-2c13. The average Bonchev–Trinajstić information content (AvgIpc) is 4.30. The molecule has 4 heteroatoms. The summed E-state index contributed by atoms with van der Waals surface area (Å²) < 4.78 is 8.13. The monoisotopic (exact) mass is 969 g/mol. The van der Waals surface area contributed by atoms with Crippen LogP contribution < -0.4 is 16.4 Å². The van der Waals surface area contributed by atoms with Gasteiger partial charge in [-0.05, 0) is 174 Å². The van der Waals surface area contributed by atoms with Crippen molar-refractivity contribution < 1.29 is 0 Å². The molecule has 3 nitrogen and oxygen atoms in total. The second kappa shape index (κ2) is 14.7. The minimum Gasteiger partial charge on any atom is -0.310 e. The third kappa shape index (κ3) is 5.12. The van der Waals surface area contributed by atoms with Crippen LogP contribution in [0.15, 0.2) is 182 Å². The second-order valence-corrected chi connectivity index (χ2v) is 23.5. The first-order valence-electron chi connectivity index (χ1n) is 28.5. The van der Waals surface area contributed by atoms with E-state index in [1.807, 2.05) is 0 Å². The number of benzene rings is 11. The van der Waals surface area contributed by atoms with E-state index in [4.69, 9.17) is 0 Å². The van der Waals surface area contributed by atoms with Crippen molar-refractivity contribution in [3.8, 4) is 39.3 Å². The maximum absolute atomic E-state index is 2.75. The molecule has 0 atom stereocenters. The van der Waals surface area contributed by atoms with Gasteiger partial charge in [-0.15, -0.1) is 0 Å². The van der Waals surface area contributed by atoms with E-state index in [-0.39, 0.29) is 6.71 Å².